The highest BCUT2D eigenvalue weighted by molar-refractivity contribution is 6.24. The first kappa shape index (κ1) is 20.1. The maximum Gasteiger partial charge on any atom is 0.255 e. The smallest absolute Gasteiger partial charge is 0.255 e. The van der Waals surface area contributed by atoms with Crippen LogP contribution in [-0.4, -0.2) is 54.7 Å². The van der Waals surface area contributed by atoms with Gasteiger partial charge >= 0.3 is 0 Å². The Morgan fingerprint density at radius 1 is 1.20 bits per heavy atom. The second-order valence-corrected chi connectivity index (χ2v) is 8.18. The van der Waals surface area contributed by atoms with E-state index in [2.05, 4.69) is 0 Å². The molecule has 0 aliphatic heterocycles. The first-order valence-electron chi connectivity index (χ1n) is 9.42. The lowest BCUT2D eigenvalue weighted by Crippen LogP contribution is -2.62. The summed E-state index contributed by atoms with van der Waals surface area (Å²) in [5.74, 6) is -8.52. The molecule has 30 heavy (non-hydrogen) atoms. The molecule has 0 spiro atoms. The molecule has 0 bridgehead atoms. The number of hydrogen-bond donors (Lipinski definition) is 6. The number of aliphatic hydroxyl groups excluding tert-OH is 3. The highest BCUT2D eigenvalue weighted by Crippen LogP contribution is 2.55. The number of fused-ring (bicyclic) bond motifs is 3. The van der Waals surface area contributed by atoms with E-state index in [1.807, 2.05) is 0 Å². The van der Waals surface area contributed by atoms with E-state index >= 15 is 0 Å². The van der Waals surface area contributed by atoms with Crippen LogP contribution >= 0.6 is 0 Å². The van der Waals surface area contributed by atoms with Crippen LogP contribution in [0.25, 0.3) is 0 Å². The van der Waals surface area contributed by atoms with E-state index in [1.165, 1.54) is 6.07 Å². The van der Waals surface area contributed by atoms with Crippen molar-refractivity contribution in [3.8, 4) is 5.75 Å². The summed E-state index contributed by atoms with van der Waals surface area (Å²) in [4.78, 5) is 37.8. The third-order valence-corrected chi connectivity index (χ3v) is 6.69. The molecule has 3 aliphatic rings. The van der Waals surface area contributed by atoms with Crippen LogP contribution in [0.3, 0.4) is 0 Å². The summed E-state index contributed by atoms with van der Waals surface area (Å²) in [6, 6.07) is 2.95. The minimum Gasteiger partial charge on any atom is -0.511 e. The standard InChI is InChI=1S/C21H21NO8/c1-6-3-4-9(23)13-11(6)7(2)12-15(17(13)26)19(28)21(30)8(16(12)25)5-10(24)14(18(21)27)20(22)29/h3-4,7-8,12,16,23-25,28,30H,5H2,1-2H3,(H2,22,29)/t7-,8+,12+,16+,21+/m1/s1. The van der Waals surface area contributed by atoms with Crippen molar-refractivity contribution < 1.29 is 39.9 Å². The molecule has 7 N–H and O–H groups in total. The normalized spacial score (nSPS) is 33.2. The van der Waals surface area contributed by atoms with Gasteiger partial charge in [0.1, 0.15) is 22.8 Å². The van der Waals surface area contributed by atoms with Crippen LogP contribution in [0.15, 0.2) is 34.8 Å². The Labute approximate surface area is 170 Å². The number of hydrogen-bond acceptors (Lipinski definition) is 8. The van der Waals surface area contributed by atoms with E-state index in [0.29, 0.717) is 11.1 Å². The number of rotatable bonds is 1. The lowest BCUT2D eigenvalue weighted by molar-refractivity contribution is -0.154. The molecule has 9 nitrogen and oxygen atoms in total. The first-order chi connectivity index (χ1) is 13.9. The third-order valence-electron chi connectivity index (χ3n) is 6.69. The van der Waals surface area contributed by atoms with Gasteiger partial charge in [-0.1, -0.05) is 13.0 Å². The summed E-state index contributed by atoms with van der Waals surface area (Å²) >= 11 is 0. The summed E-state index contributed by atoms with van der Waals surface area (Å²) in [6.45, 7) is 3.43. The SMILES string of the molecule is Cc1ccc(O)c2c1[C@@H](C)[C@H]1C(=C(O)[C@@]3(O)C(=O)C(C(N)=O)=C(O)C[C@H]3[C@@H]1O)C2=O. The second-order valence-electron chi connectivity index (χ2n) is 8.18. The van der Waals surface area contributed by atoms with Crippen molar-refractivity contribution in [3.63, 3.8) is 0 Å². The second kappa shape index (κ2) is 6.16. The van der Waals surface area contributed by atoms with Crippen LogP contribution in [0.1, 0.15) is 40.7 Å². The Hall–Kier alpha value is -3.17. The first-order valence-corrected chi connectivity index (χ1v) is 9.42. The van der Waals surface area contributed by atoms with Crippen molar-refractivity contribution in [1.29, 1.82) is 0 Å². The monoisotopic (exact) mass is 415 g/mol. The molecule has 0 radical (unpaired) electrons. The number of aryl methyl sites for hydroxylation is 1. The van der Waals surface area contributed by atoms with Gasteiger partial charge in [-0.3, -0.25) is 14.4 Å². The molecule has 0 unspecified atom stereocenters. The molecule has 4 rings (SSSR count). The number of ketones is 2. The van der Waals surface area contributed by atoms with Gasteiger partial charge in [-0.15, -0.1) is 0 Å². The Kier molecular flexibility index (Phi) is 4.13. The Morgan fingerprint density at radius 3 is 2.43 bits per heavy atom. The minimum absolute atomic E-state index is 0.0775. The lowest BCUT2D eigenvalue weighted by atomic mass is 9.56. The van der Waals surface area contributed by atoms with Crippen molar-refractivity contribution in [3.05, 3.63) is 51.5 Å². The highest BCUT2D eigenvalue weighted by atomic mass is 16.4. The van der Waals surface area contributed by atoms with Crippen molar-refractivity contribution in [2.24, 2.45) is 17.6 Å². The van der Waals surface area contributed by atoms with Crippen LogP contribution in [-0.2, 0) is 9.59 Å². The highest BCUT2D eigenvalue weighted by Gasteiger charge is 2.64. The van der Waals surface area contributed by atoms with Gasteiger partial charge in [-0.25, -0.2) is 0 Å². The molecule has 1 aromatic carbocycles. The molecule has 0 saturated carbocycles. The Bertz CT molecular complexity index is 1100. The maximum atomic E-state index is 13.3. The molecule has 158 valence electrons. The molecule has 1 amide bonds. The van der Waals surface area contributed by atoms with Gasteiger partial charge in [0.25, 0.3) is 5.91 Å². The number of amides is 1. The number of benzene rings is 1. The van der Waals surface area contributed by atoms with E-state index < -0.39 is 76.0 Å². The fraction of sp³-hybridized carbons (Fsp3) is 0.381. The zero-order chi connectivity index (χ0) is 22.3. The zero-order valence-electron chi connectivity index (χ0n) is 16.2. The number of nitrogens with two attached hydrogens (primary N) is 1. The quantitative estimate of drug-likeness (QED) is 0.357. The van der Waals surface area contributed by atoms with Crippen molar-refractivity contribution in [2.45, 2.75) is 37.9 Å². The Morgan fingerprint density at radius 2 is 1.83 bits per heavy atom. The molecule has 0 fully saturated rings. The number of phenols is 1. The maximum absolute atomic E-state index is 13.3. The van der Waals surface area contributed by atoms with Gasteiger partial charge in [0.15, 0.2) is 11.4 Å². The molecule has 5 atom stereocenters. The van der Waals surface area contributed by atoms with E-state index in [0.717, 1.165) is 0 Å². The number of primary amides is 1. The fourth-order valence-corrected chi connectivity index (χ4v) is 5.29. The van der Waals surface area contributed by atoms with E-state index in [4.69, 9.17) is 5.73 Å². The van der Waals surface area contributed by atoms with Crippen molar-refractivity contribution in [2.75, 3.05) is 0 Å². The summed E-state index contributed by atoms with van der Waals surface area (Å²) in [6.07, 6.45) is -2.02. The number of phenolic OH excluding ortho intramolecular Hbond substituents is 1. The number of carbonyl (C=O) groups excluding carboxylic acids is 3. The van der Waals surface area contributed by atoms with Crippen LogP contribution < -0.4 is 5.73 Å². The van der Waals surface area contributed by atoms with Crippen molar-refractivity contribution >= 4 is 17.5 Å². The number of carbonyl (C=O) groups is 3. The average Bonchev–Trinajstić information content (AvgIpc) is 2.66. The average molecular weight is 415 g/mol. The van der Waals surface area contributed by atoms with Crippen molar-refractivity contribution in [1.82, 2.24) is 0 Å². The summed E-state index contributed by atoms with van der Waals surface area (Å²) in [5.41, 5.74) is 2.14. The summed E-state index contributed by atoms with van der Waals surface area (Å²) in [7, 11) is 0. The third kappa shape index (κ3) is 2.21. The predicted molar refractivity (Wildman–Crippen MR) is 102 cm³/mol. The van der Waals surface area contributed by atoms with Gasteiger partial charge in [0.2, 0.25) is 5.78 Å². The van der Waals surface area contributed by atoms with E-state index in [1.54, 1.807) is 19.9 Å². The van der Waals surface area contributed by atoms with Crippen LogP contribution in [0.5, 0.6) is 5.75 Å². The largest absolute Gasteiger partial charge is 0.511 e. The molecule has 0 heterocycles. The topological polar surface area (TPSA) is 178 Å². The minimum atomic E-state index is -2.81. The number of aliphatic hydroxyl groups is 4. The lowest BCUT2D eigenvalue weighted by Gasteiger charge is -2.50. The van der Waals surface area contributed by atoms with Gasteiger partial charge in [-0.05, 0) is 30.0 Å². The summed E-state index contributed by atoms with van der Waals surface area (Å²) < 4.78 is 0. The Balaban J connectivity index is 2.02. The number of allylic oxidation sites excluding steroid dienone is 1. The molecule has 9 heteroatoms. The van der Waals surface area contributed by atoms with Gasteiger partial charge in [-0.2, -0.15) is 0 Å². The number of Topliss-reactive ketones (excluding diaryl/α,β-unsaturated/α-hetero) is 2. The molecular weight excluding hydrogens is 394 g/mol. The van der Waals surface area contributed by atoms with Gasteiger partial charge in [0.05, 0.1) is 11.7 Å². The van der Waals surface area contributed by atoms with E-state index in [9.17, 15) is 39.9 Å². The molecule has 1 aromatic rings. The zero-order valence-corrected chi connectivity index (χ0v) is 16.2. The number of aromatic hydroxyl groups is 1. The fourth-order valence-electron chi connectivity index (χ4n) is 5.29. The predicted octanol–water partition coefficient (Wildman–Crippen LogP) is 0.421. The van der Waals surface area contributed by atoms with Crippen LogP contribution in [0, 0.1) is 18.8 Å². The summed E-state index contributed by atoms with van der Waals surface area (Å²) in [5, 5.41) is 53.7. The van der Waals surface area contributed by atoms with Crippen LogP contribution in [0.2, 0.25) is 0 Å². The van der Waals surface area contributed by atoms with Gasteiger partial charge in [0, 0.05) is 23.8 Å². The molecule has 0 saturated heterocycles. The molecule has 0 aromatic heterocycles. The van der Waals surface area contributed by atoms with Crippen LogP contribution in [0.4, 0.5) is 0 Å². The van der Waals surface area contributed by atoms with Gasteiger partial charge < -0.3 is 31.3 Å². The molecular formula is C21H21NO8. The molecule has 3 aliphatic carbocycles. The van der Waals surface area contributed by atoms with E-state index in [-0.39, 0.29) is 11.3 Å².